The van der Waals surface area contributed by atoms with Gasteiger partial charge in [-0.3, -0.25) is 19.6 Å². The van der Waals surface area contributed by atoms with Crippen LogP contribution in [-0.2, 0) is 9.59 Å². The second-order valence-corrected chi connectivity index (χ2v) is 7.10. The molecule has 0 saturated carbocycles. The molecule has 1 fully saturated rings. The molecule has 2 aromatic heterocycles. The number of nitrogens with one attached hydrogen (secondary N) is 1. The Hall–Kier alpha value is -2.74. The number of carbonyl (C=O) groups is 2. The maximum absolute atomic E-state index is 11.8. The number of aromatic nitrogens is 2. The number of carboxylic acid groups (broad SMARTS) is 1. The summed E-state index contributed by atoms with van der Waals surface area (Å²) in [6.45, 7) is 3.15. The van der Waals surface area contributed by atoms with Gasteiger partial charge in [-0.05, 0) is 31.9 Å². The molecular formula is C19H24N4O4. The summed E-state index contributed by atoms with van der Waals surface area (Å²) in [5.74, 6) is -1.15. The molecule has 1 amide bonds. The van der Waals surface area contributed by atoms with Crippen LogP contribution in [-0.4, -0.2) is 57.3 Å². The first-order valence-corrected chi connectivity index (χ1v) is 9.03. The molecule has 1 unspecified atom stereocenters. The van der Waals surface area contributed by atoms with E-state index in [0.29, 0.717) is 25.9 Å². The maximum Gasteiger partial charge on any atom is 0.303 e. The van der Waals surface area contributed by atoms with Gasteiger partial charge in [0.2, 0.25) is 5.91 Å². The third-order valence-electron chi connectivity index (χ3n) is 4.80. The van der Waals surface area contributed by atoms with Crippen molar-refractivity contribution in [3.05, 3.63) is 30.2 Å². The van der Waals surface area contributed by atoms with E-state index >= 15 is 0 Å². The standard InChI is InChI=1S/C19H24N4O4/c1-13-9-16(14-10-20-7-5-15(14)22-13)23-8-6-19(27,12-23)11-21-17(24)3-2-4-18(25)26/h5,7,9-10,27H,2-4,6,8,11-12H2,1H3,(H,21,24)(H,25,26). The lowest BCUT2D eigenvalue weighted by atomic mass is 10.0. The van der Waals surface area contributed by atoms with Gasteiger partial charge in [-0.1, -0.05) is 0 Å². The Morgan fingerprint density at radius 1 is 1.37 bits per heavy atom. The fraction of sp³-hybridized carbons (Fsp3) is 0.474. The number of pyridine rings is 2. The summed E-state index contributed by atoms with van der Waals surface area (Å²) >= 11 is 0. The van der Waals surface area contributed by atoms with Crippen molar-refractivity contribution in [2.24, 2.45) is 0 Å². The van der Waals surface area contributed by atoms with Crippen LogP contribution in [0.3, 0.4) is 0 Å². The molecule has 1 aliphatic rings. The van der Waals surface area contributed by atoms with Crippen molar-refractivity contribution in [2.45, 2.75) is 38.2 Å². The molecule has 0 spiro atoms. The van der Waals surface area contributed by atoms with Crippen molar-refractivity contribution in [1.29, 1.82) is 0 Å². The SMILES string of the molecule is Cc1cc(N2CCC(O)(CNC(=O)CCCC(=O)O)C2)c2cnccc2n1. The number of β-amino-alcohol motifs (C(OH)–C–C–N with tert-alkyl or cyclic N) is 1. The van der Waals surface area contributed by atoms with Crippen LogP contribution in [0.1, 0.15) is 31.4 Å². The predicted octanol–water partition coefficient (Wildman–Crippen LogP) is 1.25. The second-order valence-electron chi connectivity index (χ2n) is 7.10. The molecule has 27 heavy (non-hydrogen) atoms. The number of aliphatic carboxylic acids is 1. The maximum atomic E-state index is 11.8. The fourth-order valence-corrected chi connectivity index (χ4v) is 3.40. The summed E-state index contributed by atoms with van der Waals surface area (Å²) in [7, 11) is 0. The quantitative estimate of drug-likeness (QED) is 0.670. The van der Waals surface area contributed by atoms with Crippen LogP contribution in [0.5, 0.6) is 0 Å². The Balaban J connectivity index is 1.63. The molecule has 1 atom stereocenters. The number of rotatable bonds is 7. The summed E-state index contributed by atoms with van der Waals surface area (Å²) < 4.78 is 0. The summed E-state index contributed by atoms with van der Waals surface area (Å²) in [6, 6.07) is 3.85. The zero-order valence-electron chi connectivity index (χ0n) is 15.3. The van der Waals surface area contributed by atoms with Gasteiger partial charge in [0.15, 0.2) is 0 Å². The Bertz CT molecular complexity index is 857. The Morgan fingerprint density at radius 3 is 2.96 bits per heavy atom. The molecule has 144 valence electrons. The molecule has 0 radical (unpaired) electrons. The van der Waals surface area contributed by atoms with Crippen molar-refractivity contribution >= 4 is 28.5 Å². The van der Waals surface area contributed by atoms with Gasteiger partial charge in [0.25, 0.3) is 0 Å². The van der Waals surface area contributed by atoms with Gasteiger partial charge in [-0.15, -0.1) is 0 Å². The Kier molecular flexibility index (Phi) is 5.55. The number of aliphatic hydroxyl groups is 1. The summed E-state index contributed by atoms with van der Waals surface area (Å²) in [5, 5.41) is 23.1. The Morgan fingerprint density at radius 2 is 2.19 bits per heavy atom. The van der Waals surface area contributed by atoms with Gasteiger partial charge in [0.1, 0.15) is 5.60 Å². The van der Waals surface area contributed by atoms with Gasteiger partial charge in [-0.2, -0.15) is 0 Å². The van der Waals surface area contributed by atoms with Crippen LogP contribution in [0.2, 0.25) is 0 Å². The average molecular weight is 372 g/mol. The molecule has 1 aliphatic heterocycles. The van der Waals surface area contributed by atoms with Crippen molar-refractivity contribution in [1.82, 2.24) is 15.3 Å². The largest absolute Gasteiger partial charge is 0.481 e. The van der Waals surface area contributed by atoms with Crippen molar-refractivity contribution in [3.8, 4) is 0 Å². The number of amides is 1. The van der Waals surface area contributed by atoms with E-state index in [0.717, 1.165) is 22.3 Å². The van der Waals surface area contributed by atoms with Crippen LogP contribution in [0.4, 0.5) is 5.69 Å². The highest BCUT2D eigenvalue weighted by molar-refractivity contribution is 5.91. The molecule has 1 saturated heterocycles. The van der Waals surface area contributed by atoms with Gasteiger partial charge in [0.05, 0.1) is 5.52 Å². The minimum atomic E-state index is -1.02. The van der Waals surface area contributed by atoms with E-state index in [1.807, 2.05) is 19.1 Å². The topological polar surface area (TPSA) is 116 Å². The zero-order valence-corrected chi connectivity index (χ0v) is 15.3. The van der Waals surface area contributed by atoms with Crippen LogP contribution < -0.4 is 10.2 Å². The van der Waals surface area contributed by atoms with Crippen LogP contribution in [0.25, 0.3) is 10.9 Å². The highest BCUT2D eigenvalue weighted by atomic mass is 16.4. The molecule has 3 N–H and O–H groups in total. The second kappa shape index (κ2) is 7.87. The normalized spacial score (nSPS) is 19.4. The minimum absolute atomic E-state index is 0.0338. The van der Waals surface area contributed by atoms with E-state index in [1.165, 1.54) is 0 Å². The number of aryl methyl sites for hydroxylation is 1. The third kappa shape index (κ3) is 4.71. The molecule has 8 heteroatoms. The molecule has 0 aliphatic carbocycles. The number of hydrogen-bond acceptors (Lipinski definition) is 6. The predicted molar refractivity (Wildman–Crippen MR) is 101 cm³/mol. The van der Waals surface area contributed by atoms with Crippen molar-refractivity contribution in [2.75, 3.05) is 24.5 Å². The number of fused-ring (bicyclic) bond motifs is 1. The first-order chi connectivity index (χ1) is 12.9. The summed E-state index contributed by atoms with van der Waals surface area (Å²) in [5.41, 5.74) is 1.72. The van der Waals surface area contributed by atoms with Crippen LogP contribution in [0, 0.1) is 6.92 Å². The number of hydrogen-bond donors (Lipinski definition) is 3. The first-order valence-electron chi connectivity index (χ1n) is 9.03. The van der Waals surface area contributed by atoms with Gasteiger partial charge >= 0.3 is 5.97 Å². The Labute approximate surface area is 157 Å². The van der Waals surface area contributed by atoms with E-state index in [-0.39, 0.29) is 25.3 Å². The smallest absolute Gasteiger partial charge is 0.303 e. The molecule has 3 heterocycles. The molecular weight excluding hydrogens is 348 g/mol. The highest BCUT2D eigenvalue weighted by Crippen LogP contribution is 2.32. The lowest BCUT2D eigenvalue weighted by molar-refractivity contribution is -0.137. The number of carboxylic acids is 1. The molecule has 8 nitrogen and oxygen atoms in total. The van der Waals surface area contributed by atoms with Gasteiger partial charge < -0.3 is 20.4 Å². The van der Waals surface area contributed by atoms with Crippen molar-refractivity contribution in [3.63, 3.8) is 0 Å². The van der Waals surface area contributed by atoms with Gasteiger partial charge in [0, 0.05) is 61.6 Å². The number of nitrogens with zero attached hydrogens (tertiary/aromatic N) is 3. The average Bonchev–Trinajstić information content (AvgIpc) is 3.01. The van der Waals surface area contributed by atoms with Gasteiger partial charge in [-0.25, -0.2) is 0 Å². The third-order valence-corrected chi connectivity index (χ3v) is 4.80. The van der Waals surface area contributed by atoms with E-state index in [4.69, 9.17) is 5.11 Å². The van der Waals surface area contributed by atoms with E-state index in [9.17, 15) is 14.7 Å². The molecule has 3 rings (SSSR count). The monoisotopic (exact) mass is 372 g/mol. The van der Waals surface area contributed by atoms with Crippen LogP contribution in [0.15, 0.2) is 24.5 Å². The highest BCUT2D eigenvalue weighted by Gasteiger charge is 2.37. The van der Waals surface area contributed by atoms with Crippen LogP contribution >= 0.6 is 0 Å². The first kappa shape index (κ1) is 19.0. The molecule has 0 bridgehead atoms. The minimum Gasteiger partial charge on any atom is -0.481 e. The van der Waals surface area contributed by atoms with E-state index < -0.39 is 11.6 Å². The van der Waals surface area contributed by atoms with E-state index in [1.54, 1.807) is 12.4 Å². The lowest BCUT2D eigenvalue weighted by Crippen LogP contribution is -2.45. The summed E-state index contributed by atoms with van der Waals surface area (Å²) in [4.78, 5) is 33.1. The number of anilines is 1. The molecule has 2 aromatic rings. The number of carbonyl (C=O) groups excluding carboxylic acids is 1. The summed E-state index contributed by atoms with van der Waals surface area (Å²) in [6.07, 6.45) is 4.42. The molecule has 0 aromatic carbocycles. The zero-order chi connectivity index (χ0) is 19.4. The lowest BCUT2D eigenvalue weighted by Gasteiger charge is -2.25. The van der Waals surface area contributed by atoms with E-state index in [2.05, 4.69) is 20.2 Å². The van der Waals surface area contributed by atoms with Crippen molar-refractivity contribution < 1.29 is 19.8 Å². The fourth-order valence-electron chi connectivity index (χ4n) is 3.40.